The minimum absolute atomic E-state index is 0.0878. The molecule has 0 spiro atoms. The summed E-state index contributed by atoms with van der Waals surface area (Å²) in [5.74, 6) is -0.790. The van der Waals surface area contributed by atoms with Crippen LogP contribution in [0.3, 0.4) is 0 Å². The first-order chi connectivity index (χ1) is 7.08. The van der Waals surface area contributed by atoms with Crippen molar-refractivity contribution < 1.29 is 9.90 Å². The maximum absolute atomic E-state index is 10.6. The molecule has 15 heavy (non-hydrogen) atoms. The van der Waals surface area contributed by atoms with Gasteiger partial charge in [0.05, 0.1) is 6.42 Å². The molecule has 1 aromatic carbocycles. The molecular formula is C11H9BrO2S. The van der Waals surface area contributed by atoms with Crippen LogP contribution in [-0.4, -0.2) is 11.1 Å². The number of rotatable bonds is 2. The van der Waals surface area contributed by atoms with Gasteiger partial charge in [-0.25, -0.2) is 0 Å². The second-order valence-electron chi connectivity index (χ2n) is 3.37. The SMILES string of the molecule is Cc1sc2cc(CC(=O)O)ccc2c1Br. The van der Waals surface area contributed by atoms with E-state index in [1.54, 1.807) is 11.3 Å². The van der Waals surface area contributed by atoms with Gasteiger partial charge in [0.15, 0.2) is 0 Å². The van der Waals surface area contributed by atoms with Crippen LogP contribution in [0.4, 0.5) is 0 Å². The summed E-state index contributed by atoms with van der Waals surface area (Å²) in [6.45, 7) is 2.05. The van der Waals surface area contributed by atoms with Crippen LogP contribution < -0.4 is 0 Å². The molecule has 2 nitrogen and oxygen atoms in total. The van der Waals surface area contributed by atoms with Crippen molar-refractivity contribution in [1.29, 1.82) is 0 Å². The van der Waals surface area contributed by atoms with Crippen LogP contribution >= 0.6 is 27.3 Å². The van der Waals surface area contributed by atoms with Gasteiger partial charge in [-0.2, -0.15) is 0 Å². The van der Waals surface area contributed by atoms with Crippen LogP contribution in [0.2, 0.25) is 0 Å². The van der Waals surface area contributed by atoms with Gasteiger partial charge in [0.25, 0.3) is 0 Å². The number of aliphatic carboxylic acids is 1. The molecule has 0 aliphatic rings. The smallest absolute Gasteiger partial charge is 0.307 e. The molecule has 1 heterocycles. The van der Waals surface area contributed by atoms with E-state index in [-0.39, 0.29) is 6.42 Å². The second-order valence-corrected chi connectivity index (χ2v) is 5.42. The average Bonchev–Trinajstić information content (AvgIpc) is 2.41. The van der Waals surface area contributed by atoms with Gasteiger partial charge in [0, 0.05) is 19.4 Å². The lowest BCUT2D eigenvalue weighted by atomic mass is 10.1. The molecular weight excluding hydrogens is 276 g/mol. The Hall–Kier alpha value is -0.870. The van der Waals surface area contributed by atoms with Crippen molar-refractivity contribution >= 4 is 43.3 Å². The normalized spacial score (nSPS) is 10.8. The zero-order chi connectivity index (χ0) is 11.0. The number of benzene rings is 1. The molecule has 0 fully saturated rings. The summed E-state index contributed by atoms with van der Waals surface area (Å²) in [5, 5.41) is 9.85. The first-order valence-electron chi connectivity index (χ1n) is 4.47. The molecule has 0 saturated heterocycles. The quantitative estimate of drug-likeness (QED) is 0.915. The Bertz CT molecular complexity index is 531. The van der Waals surface area contributed by atoms with Crippen LogP contribution in [0.15, 0.2) is 22.7 Å². The van der Waals surface area contributed by atoms with Crippen LogP contribution in [0.1, 0.15) is 10.4 Å². The minimum atomic E-state index is -0.790. The molecule has 4 heteroatoms. The van der Waals surface area contributed by atoms with E-state index in [2.05, 4.69) is 15.9 Å². The highest BCUT2D eigenvalue weighted by atomic mass is 79.9. The fourth-order valence-corrected chi connectivity index (χ4v) is 3.26. The summed E-state index contributed by atoms with van der Waals surface area (Å²) >= 11 is 5.20. The van der Waals surface area contributed by atoms with Gasteiger partial charge in [-0.1, -0.05) is 12.1 Å². The molecule has 0 amide bonds. The number of carboxylic acid groups (broad SMARTS) is 1. The topological polar surface area (TPSA) is 37.3 Å². The maximum atomic E-state index is 10.6. The molecule has 0 aliphatic heterocycles. The van der Waals surface area contributed by atoms with Crippen molar-refractivity contribution in [2.24, 2.45) is 0 Å². The van der Waals surface area contributed by atoms with E-state index in [0.717, 1.165) is 20.1 Å². The number of fused-ring (bicyclic) bond motifs is 1. The number of hydrogen-bond donors (Lipinski definition) is 1. The number of hydrogen-bond acceptors (Lipinski definition) is 2. The average molecular weight is 285 g/mol. The molecule has 0 radical (unpaired) electrons. The van der Waals surface area contributed by atoms with Crippen LogP contribution in [0.25, 0.3) is 10.1 Å². The lowest BCUT2D eigenvalue weighted by molar-refractivity contribution is -0.136. The van der Waals surface area contributed by atoms with Gasteiger partial charge < -0.3 is 5.11 Å². The van der Waals surface area contributed by atoms with E-state index in [1.807, 2.05) is 25.1 Å². The van der Waals surface area contributed by atoms with E-state index in [4.69, 9.17) is 5.11 Å². The molecule has 78 valence electrons. The van der Waals surface area contributed by atoms with Gasteiger partial charge in [-0.05, 0) is 34.5 Å². The Kier molecular flexibility index (Phi) is 2.80. The van der Waals surface area contributed by atoms with Crippen LogP contribution in [0, 0.1) is 6.92 Å². The van der Waals surface area contributed by atoms with E-state index >= 15 is 0 Å². The van der Waals surface area contributed by atoms with Gasteiger partial charge >= 0.3 is 5.97 Å². The highest BCUT2D eigenvalue weighted by Crippen LogP contribution is 2.35. The number of carboxylic acids is 1. The largest absolute Gasteiger partial charge is 0.481 e. The number of carbonyl (C=O) groups is 1. The predicted octanol–water partition coefficient (Wildman–Crippen LogP) is 3.60. The standard InChI is InChI=1S/C11H9BrO2S/c1-6-11(12)8-3-2-7(5-10(13)14)4-9(8)15-6/h2-4H,5H2,1H3,(H,13,14). The van der Waals surface area contributed by atoms with Crippen LogP contribution in [-0.2, 0) is 11.2 Å². The van der Waals surface area contributed by atoms with Crippen molar-refractivity contribution in [3.05, 3.63) is 33.1 Å². The molecule has 0 aliphatic carbocycles. The fourth-order valence-electron chi connectivity index (χ4n) is 1.52. The van der Waals surface area contributed by atoms with Gasteiger partial charge in [0.1, 0.15) is 0 Å². The lowest BCUT2D eigenvalue weighted by Gasteiger charge is -1.97. The third-order valence-corrected chi connectivity index (χ3v) is 4.56. The molecule has 0 atom stereocenters. The summed E-state index contributed by atoms with van der Waals surface area (Å²) < 4.78 is 2.25. The summed E-state index contributed by atoms with van der Waals surface area (Å²) in [6.07, 6.45) is 0.0878. The monoisotopic (exact) mass is 284 g/mol. The molecule has 0 saturated carbocycles. The van der Waals surface area contributed by atoms with Gasteiger partial charge in [-0.3, -0.25) is 4.79 Å². The third-order valence-electron chi connectivity index (χ3n) is 2.21. The zero-order valence-corrected chi connectivity index (χ0v) is 10.5. The minimum Gasteiger partial charge on any atom is -0.481 e. The third kappa shape index (κ3) is 2.06. The first kappa shape index (κ1) is 10.6. The molecule has 2 rings (SSSR count). The first-order valence-corrected chi connectivity index (χ1v) is 6.08. The van der Waals surface area contributed by atoms with E-state index in [9.17, 15) is 4.79 Å². The second kappa shape index (κ2) is 3.94. The Morgan fingerprint density at radius 2 is 2.27 bits per heavy atom. The summed E-state index contributed by atoms with van der Waals surface area (Å²) in [4.78, 5) is 11.8. The molecule has 1 N–H and O–H groups in total. The Labute approximate surface area is 99.7 Å². The van der Waals surface area contributed by atoms with Crippen molar-refractivity contribution in [3.63, 3.8) is 0 Å². The van der Waals surface area contributed by atoms with Gasteiger partial charge in [-0.15, -0.1) is 11.3 Å². The molecule has 2 aromatic rings. The zero-order valence-electron chi connectivity index (χ0n) is 8.08. The number of thiophene rings is 1. The van der Waals surface area contributed by atoms with Gasteiger partial charge in [0.2, 0.25) is 0 Å². The Morgan fingerprint density at radius 3 is 2.93 bits per heavy atom. The number of aryl methyl sites for hydroxylation is 1. The maximum Gasteiger partial charge on any atom is 0.307 e. The van der Waals surface area contributed by atoms with E-state index < -0.39 is 5.97 Å². The number of halogens is 1. The summed E-state index contributed by atoms with van der Waals surface area (Å²) in [5.41, 5.74) is 0.851. The molecule has 0 bridgehead atoms. The highest BCUT2D eigenvalue weighted by molar-refractivity contribution is 9.10. The van der Waals surface area contributed by atoms with Crippen LogP contribution in [0.5, 0.6) is 0 Å². The van der Waals surface area contributed by atoms with E-state index in [1.165, 1.54) is 4.88 Å². The Balaban J connectivity index is 2.52. The fraction of sp³-hybridized carbons (Fsp3) is 0.182. The van der Waals surface area contributed by atoms with E-state index in [0.29, 0.717) is 0 Å². The van der Waals surface area contributed by atoms with Crippen molar-refractivity contribution in [3.8, 4) is 0 Å². The summed E-state index contributed by atoms with van der Waals surface area (Å²) in [6, 6.07) is 5.79. The van der Waals surface area contributed by atoms with Crippen molar-refractivity contribution in [1.82, 2.24) is 0 Å². The summed E-state index contributed by atoms with van der Waals surface area (Å²) in [7, 11) is 0. The highest BCUT2D eigenvalue weighted by Gasteiger charge is 2.08. The molecule has 0 unspecified atom stereocenters. The lowest BCUT2D eigenvalue weighted by Crippen LogP contribution is -1.99. The van der Waals surface area contributed by atoms with Crippen molar-refractivity contribution in [2.75, 3.05) is 0 Å². The van der Waals surface area contributed by atoms with Crippen molar-refractivity contribution in [2.45, 2.75) is 13.3 Å². The predicted molar refractivity (Wildman–Crippen MR) is 65.6 cm³/mol. The Morgan fingerprint density at radius 1 is 1.53 bits per heavy atom. The molecule has 1 aromatic heterocycles.